The third-order valence-electron chi connectivity index (χ3n) is 2.58. The topological polar surface area (TPSA) is 41.1 Å². The van der Waals surface area contributed by atoms with Gasteiger partial charge in [-0.15, -0.1) is 0 Å². The molecule has 2 N–H and O–H groups in total. The molecule has 1 aromatic carbocycles. The first-order valence-corrected chi connectivity index (χ1v) is 5.84. The first-order valence-electron chi connectivity index (χ1n) is 5.84. The van der Waals surface area contributed by atoms with Crippen molar-refractivity contribution in [3.8, 4) is 0 Å². The van der Waals surface area contributed by atoms with E-state index in [1.807, 2.05) is 30.3 Å². The van der Waals surface area contributed by atoms with Crippen LogP contribution in [0.2, 0.25) is 0 Å². The van der Waals surface area contributed by atoms with Gasteiger partial charge in [-0.05, 0) is 25.0 Å². The van der Waals surface area contributed by atoms with Gasteiger partial charge in [-0.25, -0.2) is 0 Å². The van der Waals surface area contributed by atoms with Gasteiger partial charge in [0.05, 0.1) is 6.54 Å². The zero-order valence-electron chi connectivity index (χ0n) is 9.99. The zero-order chi connectivity index (χ0) is 11.8. The van der Waals surface area contributed by atoms with Gasteiger partial charge in [0.2, 0.25) is 5.91 Å². The predicted octanol–water partition coefficient (Wildman–Crippen LogP) is 2.40. The Bertz CT molecular complexity index is 307. The first kappa shape index (κ1) is 12.6. The average molecular weight is 220 g/mol. The molecule has 0 aliphatic carbocycles. The maximum atomic E-state index is 11.6. The number of carbonyl (C=O) groups excluding carboxylic acids is 1. The van der Waals surface area contributed by atoms with Crippen LogP contribution in [0.1, 0.15) is 26.7 Å². The van der Waals surface area contributed by atoms with Crippen molar-refractivity contribution in [2.75, 3.05) is 11.9 Å². The molecule has 3 heteroatoms. The Morgan fingerprint density at radius 1 is 1.19 bits per heavy atom. The molecule has 0 saturated heterocycles. The number of benzene rings is 1. The van der Waals surface area contributed by atoms with Crippen molar-refractivity contribution in [1.82, 2.24) is 5.32 Å². The third-order valence-corrected chi connectivity index (χ3v) is 2.58. The molecule has 88 valence electrons. The largest absolute Gasteiger partial charge is 0.376 e. The third kappa shape index (κ3) is 4.34. The van der Waals surface area contributed by atoms with Crippen molar-refractivity contribution in [1.29, 1.82) is 0 Å². The smallest absolute Gasteiger partial charge is 0.239 e. The molecule has 0 aliphatic heterocycles. The van der Waals surface area contributed by atoms with E-state index in [0.717, 1.165) is 18.5 Å². The number of anilines is 1. The van der Waals surface area contributed by atoms with Gasteiger partial charge in [-0.2, -0.15) is 0 Å². The van der Waals surface area contributed by atoms with Crippen LogP contribution in [-0.4, -0.2) is 18.5 Å². The molecular weight excluding hydrogens is 200 g/mol. The van der Waals surface area contributed by atoms with E-state index in [4.69, 9.17) is 0 Å². The van der Waals surface area contributed by atoms with Crippen LogP contribution in [0.3, 0.4) is 0 Å². The lowest BCUT2D eigenvalue weighted by Gasteiger charge is -2.15. The maximum absolute atomic E-state index is 11.6. The quantitative estimate of drug-likeness (QED) is 0.773. The van der Waals surface area contributed by atoms with E-state index >= 15 is 0 Å². The van der Waals surface area contributed by atoms with Crippen LogP contribution in [0.15, 0.2) is 30.3 Å². The highest BCUT2D eigenvalue weighted by molar-refractivity contribution is 5.80. The molecule has 0 atom stereocenters. The standard InChI is InChI=1S/C13H20N2O/c1-3-11(4-2)15-13(16)10-14-12-8-6-5-7-9-12/h5-9,11,14H,3-4,10H2,1-2H3,(H,15,16). The SMILES string of the molecule is CCC(CC)NC(=O)CNc1ccccc1. The van der Waals surface area contributed by atoms with Crippen molar-refractivity contribution in [2.24, 2.45) is 0 Å². The summed E-state index contributed by atoms with van der Waals surface area (Å²) in [4.78, 5) is 11.6. The minimum Gasteiger partial charge on any atom is -0.376 e. The molecule has 1 amide bonds. The van der Waals surface area contributed by atoms with Gasteiger partial charge in [0, 0.05) is 11.7 Å². The molecule has 16 heavy (non-hydrogen) atoms. The van der Waals surface area contributed by atoms with Crippen molar-refractivity contribution in [3.05, 3.63) is 30.3 Å². The summed E-state index contributed by atoms with van der Waals surface area (Å²) in [6.07, 6.45) is 1.96. The summed E-state index contributed by atoms with van der Waals surface area (Å²) < 4.78 is 0. The number of nitrogens with one attached hydrogen (secondary N) is 2. The van der Waals surface area contributed by atoms with Crippen LogP contribution in [-0.2, 0) is 4.79 Å². The van der Waals surface area contributed by atoms with Gasteiger partial charge in [0.25, 0.3) is 0 Å². The molecule has 1 aromatic rings. The summed E-state index contributed by atoms with van der Waals surface area (Å²) >= 11 is 0. The number of amides is 1. The summed E-state index contributed by atoms with van der Waals surface area (Å²) in [5, 5.41) is 6.07. The zero-order valence-corrected chi connectivity index (χ0v) is 9.99. The lowest BCUT2D eigenvalue weighted by atomic mass is 10.2. The van der Waals surface area contributed by atoms with Crippen molar-refractivity contribution in [2.45, 2.75) is 32.7 Å². The van der Waals surface area contributed by atoms with Crippen molar-refractivity contribution in [3.63, 3.8) is 0 Å². The summed E-state index contributed by atoms with van der Waals surface area (Å²) in [5.74, 6) is 0.0533. The molecule has 1 rings (SSSR count). The molecule has 0 saturated carbocycles. The van der Waals surface area contributed by atoms with Gasteiger partial charge in [-0.3, -0.25) is 4.79 Å². The fourth-order valence-corrected chi connectivity index (χ4v) is 1.51. The lowest BCUT2D eigenvalue weighted by molar-refractivity contribution is -0.120. The molecule has 0 aliphatic rings. The highest BCUT2D eigenvalue weighted by Gasteiger charge is 2.07. The van der Waals surface area contributed by atoms with E-state index in [1.165, 1.54) is 0 Å². The van der Waals surface area contributed by atoms with Crippen LogP contribution in [0.25, 0.3) is 0 Å². The Morgan fingerprint density at radius 2 is 1.81 bits per heavy atom. The molecule has 0 aromatic heterocycles. The number of hydrogen-bond acceptors (Lipinski definition) is 2. The Morgan fingerprint density at radius 3 is 2.38 bits per heavy atom. The predicted molar refractivity (Wildman–Crippen MR) is 67.4 cm³/mol. The van der Waals surface area contributed by atoms with Crippen molar-refractivity contribution >= 4 is 11.6 Å². The Balaban J connectivity index is 2.30. The molecule has 0 fully saturated rings. The summed E-state index contributed by atoms with van der Waals surface area (Å²) in [6.45, 7) is 4.50. The second-order valence-corrected chi connectivity index (χ2v) is 3.80. The Hall–Kier alpha value is -1.51. The van der Waals surface area contributed by atoms with E-state index in [-0.39, 0.29) is 5.91 Å². The maximum Gasteiger partial charge on any atom is 0.239 e. The molecule has 3 nitrogen and oxygen atoms in total. The minimum atomic E-state index is 0.0533. The molecule has 0 bridgehead atoms. The van der Waals surface area contributed by atoms with Gasteiger partial charge in [0.1, 0.15) is 0 Å². The average Bonchev–Trinajstić information content (AvgIpc) is 2.34. The van der Waals surface area contributed by atoms with Crippen molar-refractivity contribution < 1.29 is 4.79 Å². The summed E-state index contributed by atoms with van der Waals surface area (Å²) in [7, 11) is 0. The highest BCUT2D eigenvalue weighted by atomic mass is 16.1. The number of rotatable bonds is 6. The lowest BCUT2D eigenvalue weighted by Crippen LogP contribution is -2.37. The van der Waals surface area contributed by atoms with E-state index in [9.17, 15) is 4.79 Å². The van der Waals surface area contributed by atoms with E-state index in [0.29, 0.717) is 12.6 Å². The monoisotopic (exact) mass is 220 g/mol. The minimum absolute atomic E-state index is 0.0533. The van der Waals surface area contributed by atoms with Gasteiger partial charge < -0.3 is 10.6 Å². The van der Waals surface area contributed by atoms with Gasteiger partial charge in [0.15, 0.2) is 0 Å². The van der Waals surface area contributed by atoms with Crippen LogP contribution < -0.4 is 10.6 Å². The second-order valence-electron chi connectivity index (χ2n) is 3.80. The highest BCUT2D eigenvalue weighted by Crippen LogP contribution is 2.04. The second kappa shape index (κ2) is 6.88. The molecule has 0 heterocycles. The normalized spacial score (nSPS) is 10.2. The number of carbonyl (C=O) groups is 1. The van der Waals surface area contributed by atoms with E-state index in [1.54, 1.807) is 0 Å². The number of para-hydroxylation sites is 1. The van der Waals surface area contributed by atoms with Gasteiger partial charge >= 0.3 is 0 Å². The van der Waals surface area contributed by atoms with Gasteiger partial charge in [-0.1, -0.05) is 32.0 Å². The molecule has 0 spiro atoms. The summed E-state index contributed by atoms with van der Waals surface area (Å²) in [6, 6.07) is 10.0. The summed E-state index contributed by atoms with van der Waals surface area (Å²) in [5.41, 5.74) is 0.974. The van der Waals surface area contributed by atoms with Crippen LogP contribution >= 0.6 is 0 Å². The first-order chi connectivity index (χ1) is 7.76. The fourth-order valence-electron chi connectivity index (χ4n) is 1.51. The van der Waals surface area contributed by atoms with E-state index in [2.05, 4.69) is 24.5 Å². The number of hydrogen-bond donors (Lipinski definition) is 2. The molecular formula is C13H20N2O. The Labute approximate surface area is 97.2 Å². The van der Waals surface area contributed by atoms with E-state index < -0.39 is 0 Å². The van der Waals surface area contributed by atoms with Crippen LogP contribution in [0.4, 0.5) is 5.69 Å². The Kier molecular flexibility index (Phi) is 5.40. The van der Waals surface area contributed by atoms with Crippen LogP contribution in [0.5, 0.6) is 0 Å². The molecule has 0 unspecified atom stereocenters. The van der Waals surface area contributed by atoms with Crippen LogP contribution in [0, 0.1) is 0 Å². The fraction of sp³-hybridized carbons (Fsp3) is 0.462. The molecule has 0 radical (unpaired) electrons.